The van der Waals surface area contributed by atoms with Crippen LogP contribution in [0, 0.1) is 6.92 Å². The van der Waals surface area contributed by atoms with E-state index in [4.69, 9.17) is 4.74 Å². The average molecular weight is 552 g/mol. The molecule has 0 aliphatic rings. The monoisotopic (exact) mass is 551 g/mol. The third kappa shape index (κ3) is 7.60. The van der Waals surface area contributed by atoms with Gasteiger partial charge in [-0.1, -0.05) is 42.5 Å². The lowest BCUT2D eigenvalue weighted by atomic mass is 10.1. The maximum absolute atomic E-state index is 13.9. The van der Waals surface area contributed by atoms with Gasteiger partial charge in [-0.25, -0.2) is 8.42 Å². The number of sulfonamides is 1. The zero-order valence-corrected chi connectivity index (χ0v) is 23.9. The van der Waals surface area contributed by atoms with Crippen LogP contribution in [-0.4, -0.2) is 50.4 Å². The molecule has 1 atom stereocenters. The molecule has 0 aromatic heterocycles. The van der Waals surface area contributed by atoms with Gasteiger partial charge in [0.05, 0.1) is 17.2 Å². The number of benzene rings is 3. The predicted molar refractivity (Wildman–Crippen MR) is 153 cm³/mol. The summed E-state index contributed by atoms with van der Waals surface area (Å²) in [4.78, 5) is 28.4. The minimum Gasteiger partial charge on any atom is -0.494 e. The van der Waals surface area contributed by atoms with Gasteiger partial charge in [-0.05, 0) is 82.1 Å². The van der Waals surface area contributed by atoms with E-state index in [0.717, 1.165) is 15.4 Å². The van der Waals surface area contributed by atoms with Gasteiger partial charge >= 0.3 is 0 Å². The van der Waals surface area contributed by atoms with E-state index in [-0.39, 0.29) is 23.4 Å². The molecule has 0 radical (unpaired) electrons. The Labute approximate surface area is 231 Å². The molecule has 3 rings (SSSR count). The first kappa shape index (κ1) is 29.7. The van der Waals surface area contributed by atoms with E-state index >= 15 is 0 Å². The molecular formula is C30H37N3O5S. The Hall–Kier alpha value is -3.85. The van der Waals surface area contributed by atoms with Gasteiger partial charge in [0.1, 0.15) is 18.3 Å². The Balaban J connectivity index is 2.03. The van der Waals surface area contributed by atoms with Crippen LogP contribution in [0.25, 0.3) is 0 Å². The third-order valence-electron chi connectivity index (χ3n) is 6.25. The van der Waals surface area contributed by atoms with Crippen LogP contribution in [-0.2, 0) is 26.2 Å². The van der Waals surface area contributed by atoms with Gasteiger partial charge < -0.3 is 15.0 Å². The fourth-order valence-electron chi connectivity index (χ4n) is 4.08. The fourth-order valence-corrected chi connectivity index (χ4v) is 5.52. The first-order valence-corrected chi connectivity index (χ1v) is 14.4. The SMILES string of the molecule is CCOc1ccc(N(CC(=O)N(Cc2ccccc2C)[C@H](C)C(=O)NC(C)C)S(=O)(=O)c2ccccc2)cc1. The molecule has 0 aliphatic heterocycles. The number of carbonyl (C=O) groups is 2. The van der Waals surface area contributed by atoms with Crippen molar-refractivity contribution in [2.45, 2.75) is 58.1 Å². The number of ether oxygens (including phenoxy) is 1. The van der Waals surface area contributed by atoms with Crippen molar-refractivity contribution in [2.24, 2.45) is 0 Å². The molecule has 208 valence electrons. The molecule has 0 saturated heterocycles. The van der Waals surface area contributed by atoms with Crippen LogP contribution in [0.15, 0.2) is 83.8 Å². The number of anilines is 1. The molecule has 0 spiro atoms. The van der Waals surface area contributed by atoms with Crippen LogP contribution in [0.4, 0.5) is 5.69 Å². The van der Waals surface area contributed by atoms with E-state index in [1.807, 2.05) is 52.0 Å². The Morgan fingerprint density at radius 1 is 0.897 bits per heavy atom. The molecule has 3 aromatic carbocycles. The van der Waals surface area contributed by atoms with Gasteiger partial charge in [0.25, 0.3) is 10.0 Å². The number of amides is 2. The molecular weight excluding hydrogens is 514 g/mol. The number of aryl methyl sites for hydroxylation is 1. The van der Waals surface area contributed by atoms with Crippen molar-refractivity contribution in [2.75, 3.05) is 17.5 Å². The van der Waals surface area contributed by atoms with Gasteiger partial charge in [-0.15, -0.1) is 0 Å². The number of hydrogen-bond donors (Lipinski definition) is 1. The summed E-state index contributed by atoms with van der Waals surface area (Å²) in [6.45, 7) is 9.27. The largest absolute Gasteiger partial charge is 0.494 e. The summed E-state index contributed by atoms with van der Waals surface area (Å²) in [6.07, 6.45) is 0. The zero-order valence-electron chi connectivity index (χ0n) is 23.1. The standard InChI is InChI=1S/C30H37N3O5S/c1-6-38-27-18-16-26(17-19-27)33(39(36,37)28-14-8-7-9-15-28)21-29(34)32(24(5)30(35)31-22(2)3)20-25-13-11-10-12-23(25)4/h7-19,22,24H,6,20-21H2,1-5H3,(H,31,35)/t24-/m1/s1. The molecule has 0 heterocycles. The van der Waals surface area contributed by atoms with Gasteiger partial charge in [-0.3, -0.25) is 13.9 Å². The highest BCUT2D eigenvalue weighted by Gasteiger charge is 2.32. The van der Waals surface area contributed by atoms with E-state index in [2.05, 4.69) is 5.32 Å². The molecule has 0 unspecified atom stereocenters. The van der Waals surface area contributed by atoms with E-state index in [1.54, 1.807) is 49.4 Å². The zero-order chi connectivity index (χ0) is 28.6. The predicted octanol–water partition coefficient (Wildman–Crippen LogP) is 4.53. The van der Waals surface area contributed by atoms with E-state index in [1.165, 1.54) is 17.0 Å². The van der Waals surface area contributed by atoms with E-state index in [0.29, 0.717) is 18.0 Å². The third-order valence-corrected chi connectivity index (χ3v) is 8.03. The number of hydrogen-bond acceptors (Lipinski definition) is 5. The molecule has 39 heavy (non-hydrogen) atoms. The number of nitrogens with zero attached hydrogens (tertiary/aromatic N) is 2. The molecule has 0 bridgehead atoms. The number of nitrogens with one attached hydrogen (secondary N) is 1. The smallest absolute Gasteiger partial charge is 0.264 e. The van der Waals surface area contributed by atoms with Crippen LogP contribution in [0.1, 0.15) is 38.8 Å². The summed E-state index contributed by atoms with van der Waals surface area (Å²) in [7, 11) is -4.11. The van der Waals surface area contributed by atoms with Crippen molar-refractivity contribution in [1.29, 1.82) is 0 Å². The summed E-state index contributed by atoms with van der Waals surface area (Å²) in [5.74, 6) is -0.228. The highest BCUT2D eigenvalue weighted by atomic mass is 32.2. The van der Waals surface area contributed by atoms with Crippen molar-refractivity contribution in [3.05, 3.63) is 90.0 Å². The number of rotatable bonds is 12. The normalized spacial score (nSPS) is 12.1. The molecule has 0 aliphatic carbocycles. The van der Waals surface area contributed by atoms with Crippen molar-refractivity contribution in [3.63, 3.8) is 0 Å². The lowest BCUT2D eigenvalue weighted by Crippen LogP contribution is -2.52. The Morgan fingerprint density at radius 3 is 2.10 bits per heavy atom. The fraction of sp³-hybridized carbons (Fsp3) is 0.333. The molecule has 9 heteroatoms. The molecule has 0 saturated carbocycles. The molecule has 1 N–H and O–H groups in total. The Morgan fingerprint density at radius 2 is 1.51 bits per heavy atom. The second kappa shape index (κ2) is 13.3. The maximum Gasteiger partial charge on any atom is 0.264 e. The summed E-state index contributed by atoms with van der Waals surface area (Å²) in [5, 5.41) is 2.86. The lowest BCUT2D eigenvalue weighted by molar-refractivity contribution is -0.139. The van der Waals surface area contributed by atoms with Gasteiger partial charge in [0.15, 0.2) is 0 Å². The van der Waals surface area contributed by atoms with Crippen molar-refractivity contribution in [3.8, 4) is 5.75 Å². The van der Waals surface area contributed by atoms with Crippen molar-refractivity contribution < 1.29 is 22.7 Å². The van der Waals surface area contributed by atoms with Crippen LogP contribution in [0.2, 0.25) is 0 Å². The van der Waals surface area contributed by atoms with Gasteiger partial charge in [0.2, 0.25) is 11.8 Å². The Kier molecular flexibility index (Phi) is 10.1. The van der Waals surface area contributed by atoms with E-state index in [9.17, 15) is 18.0 Å². The molecule has 0 fully saturated rings. The summed E-state index contributed by atoms with van der Waals surface area (Å²) in [6, 6.07) is 21.2. The maximum atomic E-state index is 13.9. The summed E-state index contributed by atoms with van der Waals surface area (Å²) < 4.78 is 34.2. The van der Waals surface area contributed by atoms with Crippen LogP contribution in [0.3, 0.4) is 0 Å². The topological polar surface area (TPSA) is 96.0 Å². The van der Waals surface area contributed by atoms with Crippen molar-refractivity contribution in [1.82, 2.24) is 10.2 Å². The summed E-state index contributed by atoms with van der Waals surface area (Å²) in [5.41, 5.74) is 2.14. The minimum absolute atomic E-state index is 0.0581. The van der Waals surface area contributed by atoms with Crippen LogP contribution < -0.4 is 14.4 Å². The molecule has 2 amide bonds. The quantitative estimate of drug-likeness (QED) is 0.357. The first-order valence-electron chi connectivity index (χ1n) is 13.0. The second-order valence-electron chi connectivity index (χ2n) is 9.54. The molecule has 3 aromatic rings. The highest BCUT2D eigenvalue weighted by Crippen LogP contribution is 2.26. The van der Waals surface area contributed by atoms with Crippen LogP contribution >= 0.6 is 0 Å². The lowest BCUT2D eigenvalue weighted by Gasteiger charge is -2.32. The second-order valence-corrected chi connectivity index (χ2v) is 11.4. The van der Waals surface area contributed by atoms with Crippen molar-refractivity contribution >= 4 is 27.5 Å². The highest BCUT2D eigenvalue weighted by molar-refractivity contribution is 7.92. The average Bonchev–Trinajstić information content (AvgIpc) is 2.91. The van der Waals surface area contributed by atoms with Crippen LogP contribution in [0.5, 0.6) is 5.75 Å². The molecule has 8 nitrogen and oxygen atoms in total. The summed E-state index contributed by atoms with van der Waals surface area (Å²) >= 11 is 0. The first-order chi connectivity index (χ1) is 18.5. The number of carbonyl (C=O) groups excluding carboxylic acids is 2. The minimum atomic E-state index is -4.11. The van der Waals surface area contributed by atoms with E-state index < -0.39 is 28.5 Å². The Bertz CT molecular complexity index is 1360. The van der Waals surface area contributed by atoms with Gasteiger partial charge in [0, 0.05) is 12.6 Å². The van der Waals surface area contributed by atoms with Gasteiger partial charge in [-0.2, -0.15) is 0 Å².